The van der Waals surface area contributed by atoms with E-state index >= 15 is 0 Å². The summed E-state index contributed by atoms with van der Waals surface area (Å²) in [6, 6.07) is 17.3. The van der Waals surface area contributed by atoms with E-state index in [9.17, 15) is 0 Å². The van der Waals surface area contributed by atoms with E-state index in [-0.39, 0.29) is 0 Å². The second kappa shape index (κ2) is 6.70. The zero-order chi connectivity index (χ0) is 15.8. The van der Waals surface area contributed by atoms with Gasteiger partial charge in [-0.3, -0.25) is 0 Å². The van der Waals surface area contributed by atoms with E-state index < -0.39 is 19.1 Å². The summed E-state index contributed by atoms with van der Waals surface area (Å²) in [5.74, 6) is 0.847. The van der Waals surface area contributed by atoms with E-state index in [2.05, 4.69) is 72.8 Å². The fourth-order valence-corrected chi connectivity index (χ4v) is 11.1. The van der Waals surface area contributed by atoms with E-state index in [4.69, 9.17) is 17.2 Å². The molecule has 23 heavy (non-hydrogen) atoms. The van der Waals surface area contributed by atoms with Gasteiger partial charge in [-0.15, -0.1) is 0 Å². The van der Waals surface area contributed by atoms with Crippen LogP contribution in [-0.2, 0) is 19.1 Å². The van der Waals surface area contributed by atoms with Crippen LogP contribution in [0.3, 0.4) is 0 Å². The van der Waals surface area contributed by atoms with Gasteiger partial charge in [0.05, 0.1) is 0 Å². The fourth-order valence-electron chi connectivity index (χ4n) is 3.80. The molecule has 0 saturated carbocycles. The van der Waals surface area contributed by atoms with Gasteiger partial charge in [-0.25, -0.2) is 0 Å². The molecule has 0 bridgehead atoms. The van der Waals surface area contributed by atoms with E-state index in [1.807, 2.05) is 0 Å². The van der Waals surface area contributed by atoms with Crippen molar-refractivity contribution in [2.75, 3.05) is 0 Å². The average Bonchev–Trinajstić information content (AvgIpc) is 3.16. The molecular formula is C20H17Cl2Hf. The van der Waals surface area contributed by atoms with Crippen LogP contribution in [0.5, 0.6) is 0 Å². The van der Waals surface area contributed by atoms with Gasteiger partial charge in [-0.1, -0.05) is 0 Å². The van der Waals surface area contributed by atoms with Gasteiger partial charge in [0.2, 0.25) is 0 Å². The molecule has 4 rings (SSSR count). The van der Waals surface area contributed by atoms with Gasteiger partial charge < -0.3 is 0 Å². The third-order valence-electron chi connectivity index (χ3n) is 4.96. The molecule has 3 atom stereocenters. The van der Waals surface area contributed by atoms with Crippen molar-refractivity contribution in [1.29, 1.82) is 0 Å². The number of halogens is 2. The molecule has 3 unspecified atom stereocenters. The van der Waals surface area contributed by atoms with Gasteiger partial charge in [-0.2, -0.15) is 0 Å². The van der Waals surface area contributed by atoms with Gasteiger partial charge in [0.15, 0.2) is 0 Å². The molecule has 2 aliphatic carbocycles. The summed E-state index contributed by atoms with van der Waals surface area (Å²) in [5, 5.41) is 0. The molecule has 3 heteroatoms. The SMILES string of the molecule is [Cl][Hf]([Cl])[CH](CC1C=Cc2ccccc21)C1C=Cc2ccccc21. The summed E-state index contributed by atoms with van der Waals surface area (Å²) in [6.07, 6.45) is 10.2. The predicted molar refractivity (Wildman–Crippen MR) is 96.5 cm³/mol. The molecule has 2 aromatic rings. The van der Waals surface area contributed by atoms with Crippen LogP contribution in [-0.4, -0.2) is 0 Å². The van der Waals surface area contributed by atoms with Crippen LogP contribution in [0.2, 0.25) is 3.67 Å². The standard InChI is InChI=1S/C20H17.2ClH.Hf/c1-3-7-19-15(5-1)9-11-17(19)13-14-18-12-10-16-6-2-4-8-20(16)18;;;/h1-13,17-18H,14H2;2*1H;/q;;;+2/p-2. The number of benzene rings is 2. The Kier molecular flexibility index (Phi) is 4.63. The second-order valence-electron chi connectivity index (χ2n) is 6.24. The molecule has 115 valence electrons. The van der Waals surface area contributed by atoms with Crippen molar-refractivity contribution >= 4 is 29.3 Å². The molecular weight excluding hydrogens is 490 g/mol. The number of allylic oxidation sites excluding steroid dienone is 2. The monoisotopic (exact) mass is 507 g/mol. The quantitative estimate of drug-likeness (QED) is 0.404. The summed E-state index contributed by atoms with van der Waals surface area (Å²) < 4.78 is 0.420. The molecule has 0 spiro atoms. The molecule has 0 N–H and O–H groups in total. The molecule has 0 nitrogen and oxygen atoms in total. The number of hydrogen-bond donors (Lipinski definition) is 0. The van der Waals surface area contributed by atoms with Gasteiger partial charge in [0, 0.05) is 0 Å². The van der Waals surface area contributed by atoms with Gasteiger partial charge >= 0.3 is 153 Å². The van der Waals surface area contributed by atoms with Gasteiger partial charge in [0.1, 0.15) is 0 Å². The Labute approximate surface area is 152 Å². The molecule has 2 aliphatic rings. The topological polar surface area (TPSA) is 0 Å². The van der Waals surface area contributed by atoms with Crippen molar-refractivity contribution in [2.24, 2.45) is 0 Å². The van der Waals surface area contributed by atoms with Crippen molar-refractivity contribution < 1.29 is 19.1 Å². The summed E-state index contributed by atoms with van der Waals surface area (Å²) in [4.78, 5) is 0. The normalized spacial score (nSPS) is 22.0. The van der Waals surface area contributed by atoms with Crippen LogP contribution in [0.15, 0.2) is 60.7 Å². The maximum absolute atomic E-state index is 6.62. The summed E-state index contributed by atoms with van der Waals surface area (Å²) in [7, 11) is 13.2. The average molecular weight is 507 g/mol. The first-order chi connectivity index (χ1) is 11.2. The first-order valence-electron chi connectivity index (χ1n) is 7.96. The molecule has 0 aromatic heterocycles. The Morgan fingerprint density at radius 2 is 1.43 bits per heavy atom. The molecule has 0 saturated heterocycles. The Morgan fingerprint density at radius 3 is 2.17 bits per heavy atom. The Balaban J connectivity index is 1.62. The summed E-state index contributed by atoms with van der Waals surface area (Å²) in [6.45, 7) is 0. The van der Waals surface area contributed by atoms with Crippen molar-refractivity contribution in [3.8, 4) is 0 Å². The zero-order valence-corrected chi connectivity index (χ0v) is 17.7. The maximum atomic E-state index is 6.62. The van der Waals surface area contributed by atoms with Crippen LogP contribution < -0.4 is 0 Å². The Morgan fingerprint density at radius 1 is 0.826 bits per heavy atom. The summed E-state index contributed by atoms with van der Waals surface area (Å²) in [5.41, 5.74) is 5.49. The second-order valence-corrected chi connectivity index (χ2v) is 19.2. The Bertz CT molecular complexity index is 779. The van der Waals surface area contributed by atoms with Crippen LogP contribution in [0.25, 0.3) is 12.2 Å². The van der Waals surface area contributed by atoms with Crippen molar-refractivity contribution in [2.45, 2.75) is 21.9 Å². The van der Waals surface area contributed by atoms with E-state index in [0.717, 1.165) is 6.42 Å². The fraction of sp³-hybridized carbons (Fsp3) is 0.200. The van der Waals surface area contributed by atoms with Crippen LogP contribution >= 0.6 is 17.2 Å². The third-order valence-corrected chi connectivity index (χ3v) is 13.7. The van der Waals surface area contributed by atoms with E-state index in [0.29, 0.717) is 15.5 Å². The van der Waals surface area contributed by atoms with E-state index in [1.54, 1.807) is 0 Å². The van der Waals surface area contributed by atoms with Gasteiger partial charge in [0.25, 0.3) is 0 Å². The molecule has 0 heterocycles. The molecule has 0 amide bonds. The summed E-state index contributed by atoms with van der Waals surface area (Å²) >= 11 is -2.57. The van der Waals surface area contributed by atoms with E-state index in [1.165, 1.54) is 22.3 Å². The van der Waals surface area contributed by atoms with Crippen LogP contribution in [0, 0.1) is 0 Å². The Hall–Kier alpha value is -0.630. The molecule has 0 radical (unpaired) electrons. The number of fused-ring (bicyclic) bond motifs is 2. The molecule has 0 aliphatic heterocycles. The minimum atomic E-state index is -2.57. The first kappa shape index (κ1) is 15.9. The number of hydrogen-bond acceptors (Lipinski definition) is 0. The zero-order valence-electron chi connectivity index (χ0n) is 12.6. The predicted octanol–water partition coefficient (Wildman–Crippen LogP) is 6.71. The third kappa shape index (κ3) is 3.04. The van der Waals surface area contributed by atoms with Gasteiger partial charge in [-0.05, 0) is 0 Å². The minimum absolute atomic E-state index is 0.393. The van der Waals surface area contributed by atoms with Crippen LogP contribution in [0.1, 0.15) is 40.5 Å². The van der Waals surface area contributed by atoms with Crippen molar-refractivity contribution in [3.63, 3.8) is 0 Å². The van der Waals surface area contributed by atoms with Crippen LogP contribution in [0.4, 0.5) is 0 Å². The van der Waals surface area contributed by atoms with Crippen molar-refractivity contribution in [1.82, 2.24) is 0 Å². The first-order valence-corrected chi connectivity index (χ1v) is 18.9. The molecule has 0 fully saturated rings. The molecule has 2 aromatic carbocycles. The van der Waals surface area contributed by atoms with Crippen molar-refractivity contribution in [3.05, 3.63) is 82.9 Å². The number of rotatable bonds is 4.